The van der Waals surface area contributed by atoms with Crippen LogP contribution < -0.4 is 9.47 Å². The van der Waals surface area contributed by atoms with Gasteiger partial charge in [0.1, 0.15) is 24.7 Å². The smallest absolute Gasteiger partial charge is 0.344 e. The van der Waals surface area contributed by atoms with E-state index in [1.807, 2.05) is 6.92 Å². The quantitative estimate of drug-likeness (QED) is 0.182. The van der Waals surface area contributed by atoms with Crippen molar-refractivity contribution in [1.29, 1.82) is 0 Å². The summed E-state index contributed by atoms with van der Waals surface area (Å²) in [4.78, 5) is 33.5. The van der Waals surface area contributed by atoms with Crippen molar-refractivity contribution in [3.8, 4) is 11.5 Å². The molecular formula is C21H24O7. The average molecular weight is 388 g/mol. The van der Waals surface area contributed by atoms with Gasteiger partial charge in [0, 0.05) is 11.1 Å². The van der Waals surface area contributed by atoms with Crippen molar-refractivity contribution < 1.29 is 33.6 Å². The highest BCUT2D eigenvalue weighted by atomic mass is 17.2. The Bertz CT molecular complexity index is 738. The van der Waals surface area contributed by atoms with Crippen molar-refractivity contribution in [3.63, 3.8) is 0 Å². The Labute approximate surface area is 164 Å². The standard InChI is InChI=1S/C21H24O7/c1-3-24-20(22)15-26-19-11-7-17(8-12-19)21(23)16-5-9-18(10-6-16)25-13-14-28-27-4-2/h5-12H,3-4,13-15H2,1-2H3. The van der Waals surface area contributed by atoms with Gasteiger partial charge in [0.2, 0.25) is 0 Å². The van der Waals surface area contributed by atoms with Crippen LogP contribution in [-0.4, -0.2) is 44.8 Å². The second-order valence-electron chi connectivity index (χ2n) is 5.55. The Morgan fingerprint density at radius 2 is 1.29 bits per heavy atom. The van der Waals surface area contributed by atoms with Gasteiger partial charge in [0.15, 0.2) is 12.4 Å². The van der Waals surface area contributed by atoms with Gasteiger partial charge in [-0.3, -0.25) is 4.79 Å². The first kappa shape index (κ1) is 21.4. The molecule has 7 nitrogen and oxygen atoms in total. The number of carbonyl (C=O) groups is 2. The molecule has 0 aromatic heterocycles. The van der Waals surface area contributed by atoms with E-state index in [9.17, 15) is 9.59 Å². The second kappa shape index (κ2) is 11.7. The van der Waals surface area contributed by atoms with E-state index in [2.05, 4.69) is 0 Å². The Kier molecular flexibility index (Phi) is 8.97. The molecule has 0 aliphatic rings. The number of esters is 1. The fraction of sp³-hybridized carbons (Fsp3) is 0.333. The van der Waals surface area contributed by atoms with Crippen LogP contribution in [0.4, 0.5) is 0 Å². The van der Waals surface area contributed by atoms with Crippen molar-refractivity contribution in [2.24, 2.45) is 0 Å². The van der Waals surface area contributed by atoms with Gasteiger partial charge in [0.25, 0.3) is 0 Å². The van der Waals surface area contributed by atoms with E-state index >= 15 is 0 Å². The molecule has 2 aromatic rings. The number of hydrogen-bond donors (Lipinski definition) is 0. The van der Waals surface area contributed by atoms with Crippen molar-refractivity contribution in [1.82, 2.24) is 0 Å². The number of hydrogen-bond acceptors (Lipinski definition) is 7. The molecule has 28 heavy (non-hydrogen) atoms. The molecule has 0 heterocycles. The predicted molar refractivity (Wildman–Crippen MR) is 102 cm³/mol. The summed E-state index contributed by atoms with van der Waals surface area (Å²) in [5.74, 6) is 0.569. The highest BCUT2D eigenvalue weighted by Crippen LogP contribution is 2.18. The molecule has 0 radical (unpaired) electrons. The molecule has 0 unspecified atom stereocenters. The van der Waals surface area contributed by atoms with Gasteiger partial charge < -0.3 is 14.2 Å². The van der Waals surface area contributed by atoms with Gasteiger partial charge in [-0.2, -0.15) is 0 Å². The second-order valence-corrected chi connectivity index (χ2v) is 5.55. The van der Waals surface area contributed by atoms with E-state index in [0.29, 0.717) is 49.1 Å². The molecule has 150 valence electrons. The third kappa shape index (κ3) is 7.02. The molecule has 0 saturated carbocycles. The zero-order valence-corrected chi connectivity index (χ0v) is 16.0. The van der Waals surface area contributed by atoms with Crippen LogP contribution in [0.1, 0.15) is 29.8 Å². The maximum atomic E-state index is 12.6. The first-order valence-electron chi connectivity index (χ1n) is 9.04. The molecule has 0 bridgehead atoms. The predicted octanol–water partition coefficient (Wildman–Crippen LogP) is 3.21. The van der Waals surface area contributed by atoms with Crippen LogP contribution in [0, 0.1) is 0 Å². The summed E-state index contributed by atoms with van der Waals surface area (Å²) in [7, 11) is 0. The molecule has 0 fully saturated rings. The van der Waals surface area contributed by atoms with Gasteiger partial charge in [-0.05, 0) is 62.4 Å². The molecule has 2 rings (SSSR count). The third-order valence-electron chi connectivity index (χ3n) is 3.53. The van der Waals surface area contributed by atoms with Crippen LogP contribution in [0.15, 0.2) is 48.5 Å². The number of rotatable bonds is 12. The molecule has 0 aliphatic carbocycles. The number of ketones is 1. The molecule has 0 atom stereocenters. The van der Waals surface area contributed by atoms with Crippen molar-refractivity contribution in [2.75, 3.05) is 33.0 Å². The molecule has 7 heteroatoms. The minimum Gasteiger partial charge on any atom is -0.491 e. The van der Waals surface area contributed by atoms with Crippen LogP contribution in [0.5, 0.6) is 11.5 Å². The van der Waals surface area contributed by atoms with Crippen molar-refractivity contribution in [3.05, 3.63) is 59.7 Å². The van der Waals surface area contributed by atoms with Crippen LogP contribution in [0.25, 0.3) is 0 Å². The molecule has 0 N–H and O–H groups in total. The lowest BCUT2D eigenvalue weighted by Gasteiger charge is -2.08. The molecule has 0 spiro atoms. The lowest BCUT2D eigenvalue weighted by molar-refractivity contribution is -0.293. The Balaban J connectivity index is 1.86. The Morgan fingerprint density at radius 1 is 0.714 bits per heavy atom. The Morgan fingerprint density at radius 3 is 1.82 bits per heavy atom. The first-order chi connectivity index (χ1) is 13.6. The zero-order valence-electron chi connectivity index (χ0n) is 16.0. The van der Waals surface area contributed by atoms with E-state index in [-0.39, 0.29) is 12.4 Å². The van der Waals surface area contributed by atoms with Gasteiger partial charge in [-0.15, -0.1) is 0 Å². The van der Waals surface area contributed by atoms with E-state index in [1.165, 1.54) is 0 Å². The summed E-state index contributed by atoms with van der Waals surface area (Å²) in [5, 5.41) is 0. The van der Waals surface area contributed by atoms with E-state index in [0.717, 1.165) is 0 Å². The topological polar surface area (TPSA) is 80.3 Å². The summed E-state index contributed by atoms with van der Waals surface area (Å²) in [6, 6.07) is 13.4. The van der Waals surface area contributed by atoms with E-state index in [1.54, 1.807) is 55.5 Å². The van der Waals surface area contributed by atoms with E-state index < -0.39 is 5.97 Å². The third-order valence-corrected chi connectivity index (χ3v) is 3.53. The summed E-state index contributed by atoms with van der Waals surface area (Å²) >= 11 is 0. The summed E-state index contributed by atoms with van der Waals surface area (Å²) in [5.41, 5.74) is 1.06. The zero-order chi connectivity index (χ0) is 20.2. The monoisotopic (exact) mass is 388 g/mol. The van der Waals surface area contributed by atoms with Gasteiger partial charge in [0.05, 0.1) is 13.2 Å². The summed E-state index contributed by atoms with van der Waals surface area (Å²) < 4.78 is 15.6. The number of benzene rings is 2. The molecular weight excluding hydrogens is 364 g/mol. The Hall–Kier alpha value is -2.90. The minimum absolute atomic E-state index is 0.122. The van der Waals surface area contributed by atoms with Crippen LogP contribution in [-0.2, 0) is 19.3 Å². The van der Waals surface area contributed by atoms with Crippen LogP contribution in [0.2, 0.25) is 0 Å². The largest absolute Gasteiger partial charge is 0.491 e. The van der Waals surface area contributed by atoms with Crippen LogP contribution >= 0.6 is 0 Å². The summed E-state index contributed by atoms with van der Waals surface area (Å²) in [6.07, 6.45) is 0. The SMILES string of the molecule is CCOOCCOc1ccc(C(=O)c2ccc(OCC(=O)OCC)cc2)cc1. The minimum atomic E-state index is -0.436. The molecule has 0 amide bonds. The number of ether oxygens (including phenoxy) is 3. The van der Waals surface area contributed by atoms with Crippen molar-refractivity contribution in [2.45, 2.75) is 13.8 Å². The highest BCUT2D eigenvalue weighted by Gasteiger charge is 2.10. The van der Waals surface area contributed by atoms with Gasteiger partial charge >= 0.3 is 5.97 Å². The highest BCUT2D eigenvalue weighted by molar-refractivity contribution is 6.09. The average Bonchev–Trinajstić information content (AvgIpc) is 2.73. The number of carbonyl (C=O) groups excluding carboxylic acids is 2. The normalized spacial score (nSPS) is 10.4. The lowest BCUT2D eigenvalue weighted by atomic mass is 10.0. The van der Waals surface area contributed by atoms with Gasteiger partial charge in [-0.25, -0.2) is 14.6 Å². The summed E-state index contributed by atoms with van der Waals surface area (Å²) in [6.45, 7) is 4.85. The maximum Gasteiger partial charge on any atom is 0.344 e. The van der Waals surface area contributed by atoms with Gasteiger partial charge in [-0.1, -0.05) is 0 Å². The fourth-order valence-corrected chi connectivity index (χ4v) is 2.25. The maximum absolute atomic E-state index is 12.6. The molecule has 0 saturated heterocycles. The first-order valence-corrected chi connectivity index (χ1v) is 9.04. The van der Waals surface area contributed by atoms with E-state index in [4.69, 9.17) is 24.0 Å². The van der Waals surface area contributed by atoms with Crippen LogP contribution in [0.3, 0.4) is 0 Å². The fourth-order valence-electron chi connectivity index (χ4n) is 2.25. The molecule has 0 aliphatic heterocycles. The lowest BCUT2D eigenvalue weighted by Crippen LogP contribution is -2.14. The molecule has 2 aromatic carbocycles. The van der Waals surface area contributed by atoms with Crippen molar-refractivity contribution >= 4 is 11.8 Å².